The number of pyridine rings is 1. The lowest BCUT2D eigenvalue weighted by atomic mass is 10.4. The molecule has 1 heterocycles. The van der Waals surface area contributed by atoms with Crippen molar-refractivity contribution >= 4 is 18.4 Å². The first kappa shape index (κ1) is 10.2. The van der Waals surface area contributed by atoms with E-state index in [1.54, 1.807) is 0 Å². The van der Waals surface area contributed by atoms with Gasteiger partial charge in [0.15, 0.2) is 0 Å². The Labute approximate surface area is 84.1 Å². The molecule has 4 heteroatoms. The van der Waals surface area contributed by atoms with E-state index in [0.29, 0.717) is 12.5 Å². The van der Waals surface area contributed by atoms with E-state index in [2.05, 4.69) is 17.6 Å². The second-order valence-corrected chi connectivity index (χ2v) is 3.30. The Morgan fingerprint density at radius 2 is 2.15 bits per heavy atom. The predicted molar refractivity (Wildman–Crippen MR) is 57.0 cm³/mol. The van der Waals surface area contributed by atoms with Crippen LogP contribution in [0.1, 0.15) is 6.92 Å². The molecule has 1 aromatic rings. The molecule has 0 aliphatic rings. The zero-order chi connectivity index (χ0) is 9.84. The molecule has 0 saturated carbocycles. The van der Waals surface area contributed by atoms with E-state index in [1.165, 1.54) is 0 Å². The number of anilines is 1. The number of aromatic nitrogens is 1. The number of hydrogen-bond donors (Lipinski definition) is 1. The summed E-state index contributed by atoms with van der Waals surface area (Å²) in [6, 6.07) is 3.79. The first-order valence-electron chi connectivity index (χ1n) is 4.15. The summed E-state index contributed by atoms with van der Waals surface area (Å²) < 4.78 is 5.31. The Morgan fingerprint density at radius 1 is 1.46 bits per heavy atom. The maximum absolute atomic E-state index is 5.31. The van der Waals surface area contributed by atoms with Gasteiger partial charge in [0.2, 0.25) is 5.88 Å². The molecule has 13 heavy (non-hydrogen) atoms. The summed E-state index contributed by atoms with van der Waals surface area (Å²) >= 11 is 4.24. The van der Waals surface area contributed by atoms with E-state index >= 15 is 0 Å². The van der Waals surface area contributed by atoms with E-state index < -0.39 is 0 Å². The fraction of sp³-hybridized carbons (Fsp3) is 0.444. The number of nitrogens with zero attached hydrogens (tertiary/aromatic N) is 2. The quantitative estimate of drug-likeness (QED) is 0.750. The largest absolute Gasteiger partial charge is 0.477 e. The van der Waals surface area contributed by atoms with Crippen molar-refractivity contribution in [1.29, 1.82) is 0 Å². The van der Waals surface area contributed by atoms with Crippen LogP contribution in [0.25, 0.3) is 0 Å². The van der Waals surface area contributed by atoms with Gasteiger partial charge in [-0.05, 0) is 19.1 Å². The summed E-state index contributed by atoms with van der Waals surface area (Å²) in [5, 5.41) is 0. The molecule has 0 bridgehead atoms. The van der Waals surface area contributed by atoms with Gasteiger partial charge in [-0.25, -0.2) is 0 Å². The fourth-order valence-corrected chi connectivity index (χ4v) is 1.10. The van der Waals surface area contributed by atoms with E-state index in [-0.39, 0.29) is 0 Å². The van der Waals surface area contributed by atoms with Crippen molar-refractivity contribution in [1.82, 2.24) is 4.98 Å². The second-order valence-electron chi connectivity index (χ2n) is 2.82. The summed E-state index contributed by atoms with van der Waals surface area (Å²) in [5.41, 5.74) is 0. The maximum Gasteiger partial charge on any atom is 0.229 e. The summed E-state index contributed by atoms with van der Waals surface area (Å²) in [5.74, 6) is 1.47. The van der Waals surface area contributed by atoms with Crippen LogP contribution in [-0.2, 0) is 0 Å². The van der Waals surface area contributed by atoms with Gasteiger partial charge in [0, 0.05) is 14.1 Å². The van der Waals surface area contributed by atoms with Gasteiger partial charge in [0.25, 0.3) is 0 Å². The number of rotatable bonds is 3. The first-order valence-corrected chi connectivity index (χ1v) is 4.60. The molecule has 0 radical (unpaired) electrons. The van der Waals surface area contributed by atoms with E-state index in [0.717, 1.165) is 10.7 Å². The maximum atomic E-state index is 5.31. The van der Waals surface area contributed by atoms with Crippen molar-refractivity contribution in [2.45, 2.75) is 11.8 Å². The lowest BCUT2D eigenvalue weighted by Crippen LogP contribution is -2.11. The Bertz CT molecular complexity index is 289. The average molecular weight is 198 g/mol. The van der Waals surface area contributed by atoms with Crippen LogP contribution in [0, 0.1) is 0 Å². The zero-order valence-electron chi connectivity index (χ0n) is 8.11. The zero-order valence-corrected chi connectivity index (χ0v) is 9.01. The van der Waals surface area contributed by atoms with Crippen LogP contribution >= 0.6 is 12.6 Å². The SMILES string of the molecule is CCOc1nc(N(C)C)ccc1S. The van der Waals surface area contributed by atoms with Gasteiger partial charge in [0.1, 0.15) is 5.82 Å². The molecule has 0 spiro atoms. The van der Waals surface area contributed by atoms with Gasteiger partial charge in [0.05, 0.1) is 11.5 Å². The van der Waals surface area contributed by atoms with Crippen molar-refractivity contribution in [2.24, 2.45) is 0 Å². The van der Waals surface area contributed by atoms with Crippen LogP contribution in [-0.4, -0.2) is 25.7 Å². The molecule has 3 nitrogen and oxygen atoms in total. The molecule has 0 aliphatic heterocycles. The summed E-state index contributed by atoms with van der Waals surface area (Å²) in [7, 11) is 3.88. The molecule has 1 rings (SSSR count). The number of hydrogen-bond acceptors (Lipinski definition) is 4. The Hall–Kier alpha value is -0.900. The minimum atomic E-state index is 0.594. The van der Waals surface area contributed by atoms with E-state index in [9.17, 15) is 0 Å². The predicted octanol–water partition coefficient (Wildman–Crippen LogP) is 1.83. The Morgan fingerprint density at radius 3 is 2.69 bits per heavy atom. The highest BCUT2D eigenvalue weighted by molar-refractivity contribution is 7.80. The second kappa shape index (κ2) is 4.37. The van der Waals surface area contributed by atoms with Crippen molar-refractivity contribution in [3.8, 4) is 5.88 Å². The van der Waals surface area contributed by atoms with Gasteiger partial charge in [-0.2, -0.15) is 4.98 Å². The van der Waals surface area contributed by atoms with Gasteiger partial charge >= 0.3 is 0 Å². The van der Waals surface area contributed by atoms with Crippen LogP contribution in [0.2, 0.25) is 0 Å². The third kappa shape index (κ3) is 2.52. The van der Waals surface area contributed by atoms with Gasteiger partial charge < -0.3 is 9.64 Å². The molecule has 0 N–H and O–H groups in total. The average Bonchev–Trinajstić information content (AvgIpc) is 2.08. The molecule has 0 atom stereocenters. The summed E-state index contributed by atoms with van der Waals surface area (Å²) in [6.07, 6.45) is 0. The molecule has 1 aromatic heterocycles. The topological polar surface area (TPSA) is 25.4 Å². The monoisotopic (exact) mass is 198 g/mol. The molecule has 0 amide bonds. The molecule has 0 fully saturated rings. The van der Waals surface area contributed by atoms with E-state index in [4.69, 9.17) is 4.74 Å². The van der Waals surface area contributed by atoms with Crippen LogP contribution in [0.4, 0.5) is 5.82 Å². The molecular formula is C9H14N2OS. The first-order chi connectivity index (χ1) is 6.15. The van der Waals surface area contributed by atoms with E-state index in [1.807, 2.05) is 38.1 Å². The highest BCUT2D eigenvalue weighted by Gasteiger charge is 2.04. The van der Waals surface area contributed by atoms with Crippen LogP contribution < -0.4 is 9.64 Å². The highest BCUT2D eigenvalue weighted by atomic mass is 32.1. The normalized spacial score (nSPS) is 9.85. The van der Waals surface area contributed by atoms with Gasteiger partial charge in [-0.15, -0.1) is 12.6 Å². The standard InChI is InChI=1S/C9H14N2OS/c1-4-12-9-7(13)5-6-8(10-9)11(2)3/h5-6,13H,4H2,1-3H3. The molecule has 0 aromatic carbocycles. The third-order valence-electron chi connectivity index (χ3n) is 1.56. The Kier molecular flexibility index (Phi) is 3.42. The third-order valence-corrected chi connectivity index (χ3v) is 1.91. The summed E-state index contributed by atoms with van der Waals surface area (Å²) in [4.78, 5) is 6.99. The lowest BCUT2D eigenvalue weighted by Gasteiger charge is -2.13. The minimum Gasteiger partial charge on any atom is -0.477 e. The molecule has 0 saturated heterocycles. The number of thiol groups is 1. The van der Waals surface area contributed by atoms with Crippen LogP contribution in [0.3, 0.4) is 0 Å². The van der Waals surface area contributed by atoms with Crippen molar-refractivity contribution in [2.75, 3.05) is 25.6 Å². The Balaban J connectivity index is 2.97. The molecular weight excluding hydrogens is 184 g/mol. The van der Waals surface area contributed by atoms with Crippen LogP contribution in [0.15, 0.2) is 17.0 Å². The van der Waals surface area contributed by atoms with Crippen LogP contribution in [0.5, 0.6) is 5.88 Å². The highest BCUT2D eigenvalue weighted by Crippen LogP contribution is 2.22. The molecule has 0 unspecified atom stereocenters. The smallest absolute Gasteiger partial charge is 0.229 e. The fourth-order valence-electron chi connectivity index (χ4n) is 0.915. The lowest BCUT2D eigenvalue weighted by molar-refractivity contribution is 0.318. The number of ether oxygens (including phenoxy) is 1. The van der Waals surface area contributed by atoms with Gasteiger partial charge in [-0.3, -0.25) is 0 Å². The molecule has 0 aliphatic carbocycles. The minimum absolute atomic E-state index is 0.594. The molecule has 72 valence electrons. The van der Waals surface area contributed by atoms with Gasteiger partial charge in [-0.1, -0.05) is 0 Å². The summed E-state index contributed by atoms with van der Waals surface area (Å²) in [6.45, 7) is 2.54. The van der Waals surface area contributed by atoms with Crippen molar-refractivity contribution in [3.05, 3.63) is 12.1 Å². The van der Waals surface area contributed by atoms with Crippen molar-refractivity contribution in [3.63, 3.8) is 0 Å². The van der Waals surface area contributed by atoms with Crippen molar-refractivity contribution < 1.29 is 4.74 Å².